The number of anilines is 1. The van der Waals surface area contributed by atoms with Gasteiger partial charge in [0, 0.05) is 5.56 Å². The van der Waals surface area contributed by atoms with Crippen LogP contribution in [0.2, 0.25) is 0 Å². The first-order chi connectivity index (χ1) is 13.2. The zero-order valence-electron chi connectivity index (χ0n) is 14.7. The van der Waals surface area contributed by atoms with Crippen LogP contribution in [0.15, 0.2) is 38.2 Å². The Bertz CT molecular complexity index is 882. The normalized spacial score (nSPS) is 10.7. The predicted octanol–water partition coefficient (Wildman–Crippen LogP) is 3.83. The molecule has 0 aliphatic rings. The van der Waals surface area contributed by atoms with Crippen molar-refractivity contribution in [2.45, 2.75) is 23.4 Å². The van der Waals surface area contributed by atoms with Gasteiger partial charge in [0.1, 0.15) is 5.75 Å². The SMILES string of the molecule is CCOc1ccc(-c2nnc(SCC(=O)Nc3nnc(SCC)s3)o2)cc1. The molecule has 1 amide bonds. The second kappa shape index (κ2) is 9.72. The van der Waals surface area contributed by atoms with E-state index in [1.165, 1.54) is 23.1 Å². The molecule has 0 radical (unpaired) electrons. The first-order valence-corrected chi connectivity index (χ1v) is 10.9. The van der Waals surface area contributed by atoms with Crippen LogP contribution in [0.1, 0.15) is 13.8 Å². The number of nitrogens with zero attached hydrogens (tertiary/aromatic N) is 4. The van der Waals surface area contributed by atoms with Crippen LogP contribution in [0.5, 0.6) is 5.75 Å². The molecule has 11 heteroatoms. The molecule has 0 fully saturated rings. The van der Waals surface area contributed by atoms with E-state index >= 15 is 0 Å². The molecule has 0 saturated heterocycles. The summed E-state index contributed by atoms with van der Waals surface area (Å²) in [6, 6.07) is 7.38. The summed E-state index contributed by atoms with van der Waals surface area (Å²) in [4.78, 5) is 12.0. The third-order valence-corrected chi connectivity index (χ3v) is 5.74. The van der Waals surface area contributed by atoms with Gasteiger partial charge in [-0.2, -0.15) is 0 Å². The molecule has 0 aliphatic carbocycles. The molecule has 0 atom stereocenters. The lowest BCUT2D eigenvalue weighted by molar-refractivity contribution is -0.113. The van der Waals surface area contributed by atoms with Gasteiger partial charge in [0.15, 0.2) is 4.34 Å². The fourth-order valence-electron chi connectivity index (χ4n) is 1.97. The minimum absolute atomic E-state index is 0.140. The summed E-state index contributed by atoms with van der Waals surface area (Å²) in [5, 5.41) is 19.4. The quantitative estimate of drug-likeness (QED) is 0.406. The zero-order valence-corrected chi connectivity index (χ0v) is 17.1. The number of amides is 1. The molecule has 1 aromatic carbocycles. The smallest absolute Gasteiger partial charge is 0.277 e. The van der Waals surface area contributed by atoms with Gasteiger partial charge in [-0.1, -0.05) is 41.8 Å². The monoisotopic (exact) mass is 423 g/mol. The summed E-state index contributed by atoms with van der Waals surface area (Å²) in [7, 11) is 0. The average Bonchev–Trinajstić information content (AvgIpc) is 3.31. The van der Waals surface area contributed by atoms with Gasteiger partial charge in [0.25, 0.3) is 5.22 Å². The van der Waals surface area contributed by atoms with Crippen molar-refractivity contribution in [3.8, 4) is 17.2 Å². The molecule has 0 bridgehead atoms. The third kappa shape index (κ3) is 5.68. The molecule has 2 heterocycles. The number of carbonyl (C=O) groups is 1. The highest BCUT2D eigenvalue weighted by Crippen LogP contribution is 2.27. The highest BCUT2D eigenvalue weighted by Gasteiger charge is 2.13. The van der Waals surface area contributed by atoms with E-state index in [-0.39, 0.29) is 11.7 Å². The average molecular weight is 424 g/mol. The summed E-state index contributed by atoms with van der Waals surface area (Å²) < 4.78 is 11.8. The summed E-state index contributed by atoms with van der Waals surface area (Å²) in [5.74, 6) is 2.02. The molecule has 142 valence electrons. The number of nitrogens with one attached hydrogen (secondary N) is 1. The summed E-state index contributed by atoms with van der Waals surface area (Å²) >= 11 is 4.10. The minimum atomic E-state index is -0.204. The second-order valence-corrected chi connectivity index (χ2v) is 8.39. The Labute approximate surface area is 168 Å². The van der Waals surface area contributed by atoms with E-state index in [1.807, 2.05) is 38.1 Å². The van der Waals surface area contributed by atoms with E-state index in [0.717, 1.165) is 21.4 Å². The fourth-order valence-corrected chi connectivity index (χ4v) is 4.20. The van der Waals surface area contributed by atoms with E-state index in [9.17, 15) is 4.79 Å². The van der Waals surface area contributed by atoms with Crippen molar-refractivity contribution in [1.82, 2.24) is 20.4 Å². The van der Waals surface area contributed by atoms with Gasteiger partial charge in [0.05, 0.1) is 12.4 Å². The highest BCUT2D eigenvalue weighted by molar-refractivity contribution is 8.01. The van der Waals surface area contributed by atoms with Crippen molar-refractivity contribution in [1.29, 1.82) is 0 Å². The Morgan fingerprint density at radius 3 is 2.70 bits per heavy atom. The van der Waals surface area contributed by atoms with Crippen molar-refractivity contribution in [2.24, 2.45) is 0 Å². The number of aromatic nitrogens is 4. The van der Waals surface area contributed by atoms with Gasteiger partial charge >= 0.3 is 0 Å². The number of hydrogen-bond donors (Lipinski definition) is 1. The van der Waals surface area contributed by atoms with E-state index in [0.29, 0.717) is 22.9 Å². The molecule has 0 aliphatic heterocycles. The Kier molecular flexibility index (Phi) is 7.07. The predicted molar refractivity (Wildman–Crippen MR) is 107 cm³/mol. The number of thioether (sulfide) groups is 2. The van der Waals surface area contributed by atoms with Crippen LogP contribution in [-0.2, 0) is 4.79 Å². The maximum atomic E-state index is 12.0. The van der Waals surface area contributed by atoms with Crippen LogP contribution in [0.3, 0.4) is 0 Å². The van der Waals surface area contributed by atoms with Crippen LogP contribution in [-0.4, -0.2) is 44.4 Å². The van der Waals surface area contributed by atoms with Gasteiger partial charge in [-0.25, -0.2) is 0 Å². The Morgan fingerprint density at radius 1 is 1.15 bits per heavy atom. The lowest BCUT2D eigenvalue weighted by atomic mass is 10.2. The maximum Gasteiger partial charge on any atom is 0.277 e. The molecule has 0 unspecified atom stereocenters. The van der Waals surface area contributed by atoms with Crippen molar-refractivity contribution >= 4 is 45.9 Å². The van der Waals surface area contributed by atoms with Gasteiger partial charge in [-0.15, -0.1) is 20.4 Å². The van der Waals surface area contributed by atoms with Crippen molar-refractivity contribution in [3.63, 3.8) is 0 Å². The van der Waals surface area contributed by atoms with Gasteiger partial charge in [0.2, 0.25) is 16.9 Å². The van der Waals surface area contributed by atoms with Crippen LogP contribution >= 0.6 is 34.9 Å². The molecule has 2 aromatic heterocycles. The second-order valence-electron chi connectivity index (χ2n) is 4.97. The topological polar surface area (TPSA) is 103 Å². The summed E-state index contributed by atoms with van der Waals surface area (Å²) in [5.41, 5.74) is 0.789. The Hall–Kier alpha value is -2.11. The van der Waals surface area contributed by atoms with Gasteiger partial charge in [-0.05, 0) is 36.9 Å². The molecular weight excluding hydrogens is 406 g/mol. The first-order valence-electron chi connectivity index (χ1n) is 8.13. The summed E-state index contributed by atoms with van der Waals surface area (Å²) in [6.07, 6.45) is 0. The van der Waals surface area contributed by atoms with Crippen molar-refractivity contribution < 1.29 is 13.9 Å². The number of carbonyl (C=O) groups excluding carboxylic acids is 1. The van der Waals surface area contributed by atoms with Crippen LogP contribution < -0.4 is 10.1 Å². The number of ether oxygens (including phenoxy) is 1. The van der Waals surface area contributed by atoms with Gasteiger partial charge in [-0.3, -0.25) is 10.1 Å². The van der Waals surface area contributed by atoms with E-state index < -0.39 is 0 Å². The highest BCUT2D eigenvalue weighted by atomic mass is 32.2. The van der Waals surface area contributed by atoms with Crippen LogP contribution in [0, 0.1) is 0 Å². The number of hydrogen-bond acceptors (Lipinski definition) is 10. The lowest BCUT2D eigenvalue weighted by Crippen LogP contribution is -2.13. The minimum Gasteiger partial charge on any atom is -0.494 e. The van der Waals surface area contributed by atoms with Crippen molar-refractivity contribution in [2.75, 3.05) is 23.4 Å². The number of benzene rings is 1. The Balaban J connectivity index is 1.51. The molecular formula is C16H17N5O3S3. The van der Waals surface area contributed by atoms with Gasteiger partial charge < -0.3 is 9.15 Å². The molecule has 0 saturated carbocycles. The number of rotatable bonds is 9. The first kappa shape index (κ1) is 19.6. The molecule has 1 N–H and O–H groups in total. The van der Waals surface area contributed by atoms with E-state index in [1.54, 1.807) is 11.8 Å². The molecule has 3 aromatic rings. The molecule has 3 rings (SSSR count). The van der Waals surface area contributed by atoms with E-state index in [2.05, 4.69) is 25.7 Å². The summed E-state index contributed by atoms with van der Waals surface area (Å²) in [6.45, 7) is 4.57. The third-order valence-electron chi connectivity index (χ3n) is 3.07. The van der Waals surface area contributed by atoms with Crippen LogP contribution in [0.4, 0.5) is 5.13 Å². The zero-order chi connectivity index (χ0) is 19.1. The van der Waals surface area contributed by atoms with E-state index in [4.69, 9.17) is 9.15 Å². The van der Waals surface area contributed by atoms with Crippen LogP contribution in [0.25, 0.3) is 11.5 Å². The maximum absolute atomic E-state index is 12.0. The largest absolute Gasteiger partial charge is 0.494 e. The van der Waals surface area contributed by atoms with Crippen molar-refractivity contribution in [3.05, 3.63) is 24.3 Å². The lowest BCUT2D eigenvalue weighted by Gasteiger charge is -2.02. The fraction of sp³-hybridized carbons (Fsp3) is 0.312. The molecule has 27 heavy (non-hydrogen) atoms. The Morgan fingerprint density at radius 2 is 1.96 bits per heavy atom. The standard InChI is InChI=1S/C16H17N5O3S3/c1-3-23-11-7-5-10(6-8-11)13-18-20-15(24-13)26-9-12(22)17-14-19-21-16(27-14)25-4-2/h5-8H,3-4,9H2,1-2H3,(H,17,19,22). The molecule has 0 spiro atoms. The molecule has 8 nitrogen and oxygen atoms in total.